The van der Waals surface area contributed by atoms with Crippen molar-refractivity contribution in [3.8, 4) is 5.75 Å². The van der Waals surface area contributed by atoms with Crippen LogP contribution in [0.4, 0.5) is 5.69 Å². The maximum Gasteiger partial charge on any atom is 0.263 e. The first-order valence-electron chi connectivity index (χ1n) is 9.62. The van der Waals surface area contributed by atoms with Crippen LogP contribution >= 0.6 is 11.6 Å². The monoisotopic (exact) mass is 458 g/mol. The second-order valence-corrected chi connectivity index (χ2v) is 8.99. The van der Waals surface area contributed by atoms with Crippen LogP contribution in [0.2, 0.25) is 5.02 Å². The van der Waals surface area contributed by atoms with Gasteiger partial charge in [0.1, 0.15) is 17.3 Å². The highest BCUT2D eigenvalue weighted by molar-refractivity contribution is 7.92. The summed E-state index contributed by atoms with van der Waals surface area (Å²) in [5, 5.41) is 2.75. The number of rotatable bonds is 8. The number of aryl methyl sites for hydroxylation is 2. The normalized spacial score (nSPS) is 11.1. The highest BCUT2D eigenvalue weighted by Crippen LogP contribution is 2.26. The van der Waals surface area contributed by atoms with Gasteiger partial charge >= 0.3 is 0 Å². The van der Waals surface area contributed by atoms with E-state index in [0.29, 0.717) is 5.69 Å². The molecular weight excluding hydrogens is 436 g/mol. The molecule has 0 aliphatic rings. The van der Waals surface area contributed by atoms with E-state index >= 15 is 0 Å². The van der Waals surface area contributed by atoms with Crippen LogP contribution in [-0.2, 0) is 10.0 Å². The molecule has 0 aliphatic heterocycles. The first-order chi connectivity index (χ1) is 14.8. The summed E-state index contributed by atoms with van der Waals surface area (Å²) in [5.74, 6) is 0.330. The van der Waals surface area contributed by atoms with Gasteiger partial charge in [-0.25, -0.2) is 8.42 Å². The van der Waals surface area contributed by atoms with E-state index in [4.69, 9.17) is 16.3 Å². The number of anilines is 1. The van der Waals surface area contributed by atoms with E-state index in [1.165, 1.54) is 18.2 Å². The molecule has 0 spiro atoms. The van der Waals surface area contributed by atoms with Crippen LogP contribution in [0, 0.1) is 13.8 Å². The molecule has 31 heavy (non-hydrogen) atoms. The summed E-state index contributed by atoms with van der Waals surface area (Å²) in [5.41, 5.74) is 2.40. The van der Waals surface area contributed by atoms with E-state index in [-0.39, 0.29) is 28.6 Å². The average Bonchev–Trinajstić information content (AvgIpc) is 2.74. The van der Waals surface area contributed by atoms with E-state index in [0.717, 1.165) is 16.9 Å². The maximum atomic E-state index is 12.9. The van der Waals surface area contributed by atoms with Crippen molar-refractivity contribution >= 4 is 33.2 Å². The minimum absolute atomic E-state index is 0.0283. The zero-order valence-electron chi connectivity index (χ0n) is 17.2. The fraction of sp³-hybridized carbons (Fsp3) is 0.174. The molecule has 0 unspecified atom stereocenters. The Morgan fingerprint density at radius 3 is 2.35 bits per heavy atom. The van der Waals surface area contributed by atoms with Gasteiger partial charge in [-0.2, -0.15) is 0 Å². The van der Waals surface area contributed by atoms with Crippen molar-refractivity contribution in [2.75, 3.05) is 17.9 Å². The smallest absolute Gasteiger partial charge is 0.263 e. The third-order valence-corrected chi connectivity index (χ3v) is 6.46. The van der Waals surface area contributed by atoms with Crippen LogP contribution < -0.4 is 14.8 Å². The number of carbonyl (C=O) groups excluding carboxylic acids is 1. The predicted molar refractivity (Wildman–Crippen MR) is 122 cm³/mol. The largest absolute Gasteiger partial charge is 0.491 e. The number of carbonyl (C=O) groups is 1. The third-order valence-electron chi connectivity index (χ3n) is 4.61. The van der Waals surface area contributed by atoms with E-state index in [1.54, 1.807) is 25.1 Å². The number of sulfonamides is 1. The minimum Gasteiger partial charge on any atom is -0.491 e. The van der Waals surface area contributed by atoms with Gasteiger partial charge in [0.25, 0.3) is 15.9 Å². The van der Waals surface area contributed by atoms with Crippen molar-refractivity contribution in [3.05, 3.63) is 88.4 Å². The van der Waals surface area contributed by atoms with Gasteiger partial charge in [0.2, 0.25) is 0 Å². The summed E-state index contributed by atoms with van der Waals surface area (Å²) < 4.78 is 33.9. The number of halogens is 1. The van der Waals surface area contributed by atoms with Crippen molar-refractivity contribution in [2.24, 2.45) is 0 Å². The Labute approximate surface area is 187 Å². The highest BCUT2D eigenvalue weighted by atomic mass is 35.5. The molecule has 0 aromatic heterocycles. The first-order valence-corrected chi connectivity index (χ1v) is 11.5. The summed E-state index contributed by atoms with van der Waals surface area (Å²) in [4.78, 5) is 12.3. The summed E-state index contributed by atoms with van der Waals surface area (Å²) >= 11 is 6.13. The van der Waals surface area contributed by atoms with Crippen LogP contribution in [0.25, 0.3) is 0 Å². The summed E-state index contributed by atoms with van der Waals surface area (Å²) in [7, 11) is -3.98. The molecule has 0 aliphatic carbocycles. The predicted octanol–water partition coefficient (Wildman–Crippen LogP) is 4.57. The molecule has 3 rings (SSSR count). The Kier molecular flexibility index (Phi) is 7.20. The summed E-state index contributed by atoms with van der Waals surface area (Å²) in [6.45, 7) is 4.28. The number of hydrogen-bond acceptors (Lipinski definition) is 4. The van der Waals surface area contributed by atoms with E-state index in [1.807, 2.05) is 37.3 Å². The molecule has 2 N–H and O–H groups in total. The molecule has 0 saturated heterocycles. The molecule has 0 heterocycles. The maximum absolute atomic E-state index is 12.9. The van der Waals surface area contributed by atoms with Gasteiger partial charge in [-0.3, -0.25) is 9.52 Å². The number of para-hydroxylation sites is 2. The van der Waals surface area contributed by atoms with Gasteiger partial charge < -0.3 is 10.1 Å². The first kappa shape index (κ1) is 22.7. The van der Waals surface area contributed by atoms with Crippen LogP contribution in [-0.4, -0.2) is 27.5 Å². The number of ether oxygens (including phenoxy) is 1. The molecule has 0 fully saturated rings. The van der Waals surface area contributed by atoms with Gasteiger partial charge in [-0.1, -0.05) is 48.0 Å². The van der Waals surface area contributed by atoms with Gasteiger partial charge in [0.15, 0.2) is 0 Å². The molecule has 0 radical (unpaired) electrons. The lowest BCUT2D eigenvalue weighted by atomic mass is 10.2. The topological polar surface area (TPSA) is 84.5 Å². The SMILES string of the molecule is Cc1ccccc1NS(=O)(=O)c1cc(C(=O)NCCOc2ccccc2C)ccc1Cl. The Morgan fingerprint density at radius 2 is 1.65 bits per heavy atom. The minimum atomic E-state index is -3.98. The fourth-order valence-electron chi connectivity index (χ4n) is 2.88. The van der Waals surface area contributed by atoms with Crippen LogP contribution in [0.1, 0.15) is 21.5 Å². The second-order valence-electron chi connectivity index (χ2n) is 6.94. The summed E-state index contributed by atoms with van der Waals surface area (Å²) in [6.07, 6.45) is 0. The number of hydrogen-bond donors (Lipinski definition) is 2. The van der Waals surface area contributed by atoms with Crippen LogP contribution in [0.3, 0.4) is 0 Å². The fourth-order valence-corrected chi connectivity index (χ4v) is 4.54. The van der Waals surface area contributed by atoms with Crippen LogP contribution in [0.5, 0.6) is 5.75 Å². The Hall–Kier alpha value is -3.03. The van der Waals surface area contributed by atoms with Crippen molar-refractivity contribution in [2.45, 2.75) is 18.7 Å². The van der Waals surface area contributed by atoms with Gasteiger partial charge in [-0.05, 0) is 55.3 Å². The van der Waals surface area contributed by atoms with Gasteiger partial charge in [0, 0.05) is 5.56 Å². The molecule has 3 aromatic carbocycles. The number of nitrogens with one attached hydrogen (secondary N) is 2. The molecular formula is C23H23ClN2O4S. The summed E-state index contributed by atoms with van der Waals surface area (Å²) in [6, 6.07) is 18.7. The van der Waals surface area contributed by atoms with Crippen molar-refractivity contribution < 1.29 is 17.9 Å². The van der Waals surface area contributed by atoms with Crippen LogP contribution in [0.15, 0.2) is 71.6 Å². The van der Waals surface area contributed by atoms with Crippen molar-refractivity contribution in [1.82, 2.24) is 5.32 Å². The molecule has 3 aromatic rings. The highest BCUT2D eigenvalue weighted by Gasteiger charge is 2.21. The standard InChI is InChI=1S/C23H23ClN2O4S/c1-16-7-3-5-9-20(16)26-31(28,29)22-15-18(11-12-19(22)24)23(27)25-13-14-30-21-10-6-4-8-17(21)2/h3-12,15,26H,13-14H2,1-2H3,(H,25,27). The van der Waals surface area contributed by atoms with E-state index < -0.39 is 15.9 Å². The zero-order chi connectivity index (χ0) is 22.4. The molecule has 162 valence electrons. The quantitative estimate of drug-likeness (QED) is 0.484. The molecule has 1 amide bonds. The van der Waals surface area contributed by atoms with E-state index in [2.05, 4.69) is 10.0 Å². The van der Waals surface area contributed by atoms with Gasteiger partial charge in [-0.15, -0.1) is 0 Å². The number of benzene rings is 3. The second kappa shape index (κ2) is 9.85. The molecule has 8 heteroatoms. The van der Waals surface area contributed by atoms with Gasteiger partial charge in [0.05, 0.1) is 17.3 Å². The lowest BCUT2D eigenvalue weighted by Gasteiger charge is -2.13. The van der Waals surface area contributed by atoms with Crippen molar-refractivity contribution in [1.29, 1.82) is 0 Å². The molecule has 0 saturated carbocycles. The molecule has 6 nitrogen and oxygen atoms in total. The zero-order valence-corrected chi connectivity index (χ0v) is 18.8. The lowest BCUT2D eigenvalue weighted by molar-refractivity contribution is 0.0946. The third kappa shape index (κ3) is 5.77. The average molecular weight is 459 g/mol. The van der Waals surface area contributed by atoms with Crippen molar-refractivity contribution in [3.63, 3.8) is 0 Å². The Balaban J connectivity index is 1.67. The Bertz CT molecular complexity index is 1200. The molecule has 0 bridgehead atoms. The van der Waals surface area contributed by atoms with E-state index in [9.17, 15) is 13.2 Å². The Morgan fingerprint density at radius 1 is 0.968 bits per heavy atom. The lowest BCUT2D eigenvalue weighted by Crippen LogP contribution is -2.28. The number of amides is 1. The molecule has 0 atom stereocenters.